The van der Waals surface area contributed by atoms with E-state index in [2.05, 4.69) is 10.4 Å². The van der Waals surface area contributed by atoms with Crippen molar-refractivity contribution in [3.05, 3.63) is 46.8 Å². The van der Waals surface area contributed by atoms with Crippen molar-refractivity contribution in [3.63, 3.8) is 0 Å². The van der Waals surface area contributed by atoms with Crippen molar-refractivity contribution in [1.29, 1.82) is 0 Å². The first-order valence-electron chi connectivity index (χ1n) is 8.23. The van der Waals surface area contributed by atoms with Crippen molar-refractivity contribution in [2.75, 3.05) is 7.11 Å². The van der Waals surface area contributed by atoms with E-state index >= 15 is 0 Å². The maximum atomic E-state index is 12.3. The van der Waals surface area contributed by atoms with Gasteiger partial charge < -0.3 is 15.2 Å². The van der Waals surface area contributed by atoms with Crippen molar-refractivity contribution < 1.29 is 14.6 Å². The van der Waals surface area contributed by atoms with E-state index in [9.17, 15) is 9.90 Å². The number of hydrogen-bond donors (Lipinski definition) is 2. The van der Waals surface area contributed by atoms with Gasteiger partial charge in [-0.1, -0.05) is 13.0 Å². The second-order valence-electron chi connectivity index (χ2n) is 5.94. The first-order chi connectivity index (χ1) is 11.9. The van der Waals surface area contributed by atoms with Gasteiger partial charge >= 0.3 is 0 Å². The summed E-state index contributed by atoms with van der Waals surface area (Å²) in [5.41, 5.74) is 3.76. The SMILES string of the molecule is CC[C@@H](NC(=O)/C=C/c1ccc(OC)c(O)c1)c1c(C)nn(C)c1C. The number of ether oxygens (including phenoxy) is 1. The average Bonchev–Trinajstić information content (AvgIpc) is 2.83. The number of aromatic hydroxyl groups is 1. The maximum absolute atomic E-state index is 12.3. The Kier molecular flexibility index (Phi) is 5.85. The summed E-state index contributed by atoms with van der Waals surface area (Å²) >= 11 is 0. The van der Waals surface area contributed by atoms with Gasteiger partial charge in [-0.25, -0.2) is 0 Å². The summed E-state index contributed by atoms with van der Waals surface area (Å²) in [5.74, 6) is 0.248. The van der Waals surface area contributed by atoms with Crippen molar-refractivity contribution in [2.45, 2.75) is 33.2 Å². The van der Waals surface area contributed by atoms with Gasteiger partial charge in [0.15, 0.2) is 11.5 Å². The summed E-state index contributed by atoms with van der Waals surface area (Å²) < 4.78 is 6.83. The molecule has 0 unspecified atom stereocenters. The van der Waals surface area contributed by atoms with Gasteiger partial charge in [-0.2, -0.15) is 5.10 Å². The topological polar surface area (TPSA) is 76.4 Å². The summed E-state index contributed by atoms with van der Waals surface area (Å²) in [6, 6.07) is 4.89. The Morgan fingerprint density at radius 2 is 2.16 bits per heavy atom. The Balaban J connectivity index is 2.11. The molecule has 0 radical (unpaired) electrons. The highest BCUT2D eigenvalue weighted by Gasteiger charge is 2.19. The van der Waals surface area contributed by atoms with E-state index in [-0.39, 0.29) is 17.7 Å². The van der Waals surface area contributed by atoms with Gasteiger partial charge in [-0.05, 0) is 44.0 Å². The van der Waals surface area contributed by atoms with Gasteiger partial charge in [-0.15, -0.1) is 0 Å². The van der Waals surface area contributed by atoms with Gasteiger partial charge in [0.1, 0.15) is 0 Å². The van der Waals surface area contributed by atoms with Crippen LogP contribution in [0.1, 0.15) is 41.9 Å². The lowest BCUT2D eigenvalue weighted by molar-refractivity contribution is -0.117. The third kappa shape index (κ3) is 4.21. The molecule has 0 aliphatic heterocycles. The molecule has 0 fully saturated rings. The Labute approximate surface area is 148 Å². The molecular weight excluding hydrogens is 318 g/mol. The number of nitrogens with zero attached hydrogens (tertiary/aromatic N) is 2. The van der Waals surface area contributed by atoms with Crippen LogP contribution in [0.3, 0.4) is 0 Å². The highest BCUT2D eigenvalue weighted by Crippen LogP contribution is 2.27. The van der Waals surface area contributed by atoms with E-state index in [1.54, 1.807) is 24.3 Å². The fraction of sp³-hybridized carbons (Fsp3) is 0.368. The highest BCUT2D eigenvalue weighted by molar-refractivity contribution is 5.92. The molecule has 0 saturated carbocycles. The zero-order valence-corrected chi connectivity index (χ0v) is 15.3. The molecule has 1 amide bonds. The zero-order chi connectivity index (χ0) is 18.6. The molecule has 1 heterocycles. The van der Waals surface area contributed by atoms with Gasteiger partial charge in [0.25, 0.3) is 0 Å². The second-order valence-corrected chi connectivity index (χ2v) is 5.94. The van der Waals surface area contributed by atoms with Gasteiger partial charge in [-0.3, -0.25) is 9.48 Å². The third-order valence-corrected chi connectivity index (χ3v) is 4.27. The van der Waals surface area contributed by atoms with Crippen molar-refractivity contribution in [3.8, 4) is 11.5 Å². The molecule has 0 aliphatic carbocycles. The fourth-order valence-corrected chi connectivity index (χ4v) is 2.88. The number of benzene rings is 1. The number of carbonyl (C=O) groups excluding carboxylic acids is 1. The van der Waals surface area contributed by atoms with Gasteiger partial charge in [0.05, 0.1) is 18.8 Å². The number of rotatable bonds is 6. The van der Waals surface area contributed by atoms with E-state index in [4.69, 9.17) is 4.74 Å². The normalized spacial score (nSPS) is 12.4. The van der Waals surface area contributed by atoms with Crippen LogP contribution in [0.15, 0.2) is 24.3 Å². The van der Waals surface area contributed by atoms with Crippen LogP contribution >= 0.6 is 0 Å². The largest absolute Gasteiger partial charge is 0.504 e. The van der Waals surface area contributed by atoms with Crippen LogP contribution in [0, 0.1) is 13.8 Å². The van der Waals surface area contributed by atoms with E-state index in [0.717, 1.165) is 28.9 Å². The molecule has 2 rings (SSSR count). The molecule has 0 bridgehead atoms. The van der Waals surface area contributed by atoms with Crippen molar-refractivity contribution in [2.24, 2.45) is 7.05 Å². The van der Waals surface area contributed by atoms with Crippen LogP contribution in [-0.4, -0.2) is 27.9 Å². The van der Waals surface area contributed by atoms with Crippen LogP contribution in [-0.2, 0) is 11.8 Å². The Morgan fingerprint density at radius 1 is 1.44 bits per heavy atom. The van der Waals surface area contributed by atoms with Crippen LogP contribution in [0.5, 0.6) is 11.5 Å². The predicted octanol–water partition coefficient (Wildman–Crippen LogP) is 3.03. The molecule has 2 aromatic rings. The lowest BCUT2D eigenvalue weighted by Gasteiger charge is -2.17. The van der Waals surface area contributed by atoms with Crippen LogP contribution in [0.4, 0.5) is 0 Å². The van der Waals surface area contributed by atoms with Crippen molar-refractivity contribution in [1.82, 2.24) is 15.1 Å². The van der Waals surface area contributed by atoms with Crippen LogP contribution < -0.4 is 10.1 Å². The zero-order valence-electron chi connectivity index (χ0n) is 15.3. The lowest BCUT2D eigenvalue weighted by atomic mass is 10.0. The van der Waals surface area contributed by atoms with E-state index in [1.165, 1.54) is 13.2 Å². The summed E-state index contributed by atoms with van der Waals surface area (Å²) in [7, 11) is 3.39. The maximum Gasteiger partial charge on any atom is 0.244 e. The molecular formula is C19H25N3O3. The van der Waals surface area contributed by atoms with Crippen LogP contribution in [0.2, 0.25) is 0 Å². The Morgan fingerprint density at radius 3 is 2.68 bits per heavy atom. The number of amides is 1. The number of nitrogens with one attached hydrogen (secondary N) is 1. The summed E-state index contributed by atoms with van der Waals surface area (Å²) in [5, 5.41) is 17.2. The molecule has 0 aliphatic rings. The number of phenols is 1. The highest BCUT2D eigenvalue weighted by atomic mass is 16.5. The molecule has 1 atom stereocenters. The standard InChI is InChI=1S/C19H25N3O3/c1-6-15(19-12(2)21-22(4)13(19)3)20-18(24)10-8-14-7-9-17(25-5)16(23)11-14/h7-11,15,23H,6H2,1-5H3,(H,20,24)/b10-8+/t15-/m1/s1. The smallest absolute Gasteiger partial charge is 0.244 e. The Bertz CT molecular complexity index is 793. The monoisotopic (exact) mass is 343 g/mol. The average molecular weight is 343 g/mol. The first kappa shape index (κ1) is 18.6. The molecule has 6 nitrogen and oxygen atoms in total. The molecule has 0 saturated heterocycles. The minimum Gasteiger partial charge on any atom is -0.504 e. The van der Waals surface area contributed by atoms with E-state index < -0.39 is 0 Å². The molecule has 0 spiro atoms. The number of carbonyl (C=O) groups is 1. The third-order valence-electron chi connectivity index (χ3n) is 4.27. The number of phenolic OH excluding ortho intramolecular Hbond substituents is 1. The summed E-state index contributed by atoms with van der Waals surface area (Å²) in [6.45, 7) is 5.98. The number of aryl methyl sites for hydroxylation is 2. The number of hydrogen-bond acceptors (Lipinski definition) is 4. The number of methoxy groups -OCH3 is 1. The molecule has 6 heteroatoms. The molecule has 134 valence electrons. The molecule has 25 heavy (non-hydrogen) atoms. The summed E-state index contributed by atoms with van der Waals surface area (Å²) in [4.78, 5) is 12.3. The number of aromatic nitrogens is 2. The van der Waals surface area contributed by atoms with Crippen LogP contribution in [0.25, 0.3) is 6.08 Å². The lowest BCUT2D eigenvalue weighted by Crippen LogP contribution is -2.27. The van der Waals surface area contributed by atoms with E-state index in [0.29, 0.717) is 5.75 Å². The van der Waals surface area contributed by atoms with Crippen molar-refractivity contribution >= 4 is 12.0 Å². The summed E-state index contributed by atoms with van der Waals surface area (Å²) in [6.07, 6.45) is 3.89. The Hall–Kier alpha value is -2.76. The minimum atomic E-state index is -0.190. The first-order valence-corrected chi connectivity index (χ1v) is 8.23. The van der Waals surface area contributed by atoms with Gasteiger partial charge in [0.2, 0.25) is 5.91 Å². The quantitative estimate of drug-likeness (QED) is 0.791. The second kappa shape index (κ2) is 7.88. The van der Waals surface area contributed by atoms with Gasteiger partial charge in [0, 0.05) is 24.4 Å². The molecule has 1 aromatic heterocycles. The predicted molar refractivity (Wildman–Crippen MR) is 97.5 cm³/mol. The minimum absolute atomic E-state index is 0.0399. The van der Waals surface area contributed by atoms with E-state index in [1.807, 2.05) is 32.5 Å². The molecule has 2 N–H and O–H groups in total. The molecule has 1 aromatic carbocycles. The fourth-order valence-electron chi connectivity index (χ4n) is 2.88.